The van der Waals surface area contributed by atoms with E-state index in [1.54, 1.807) is 11.3 Å². The van der Waals surface area contributed by atoms with Gasteiger partial charge in [-0.05, 0) is 17.7 Å². The number of benzene rings is 1. The van der Waals surface area contributed by atoms with Crippen molar-refractivity contribution in [3.63, 3.8) is 0 Å². The van der Waals surface area contributed by atoms with Crippen LogP contribution in [0, 0.1) is 0 Å². The minimum absolute atomic E-state index is 0.463. The first-order valence-electron chi connectivity index (χ1n) is 4.97. The zero-order valence-electron chi connectivity index (χ0n) is 8.82. The molecule has 0 saturated heterocycles. The highest BCUT2D eigenvalue weighted by Gasteiger charge is 2.07. The first-order chi connectivity index (χ1) is 7.20. The molecule has 0 fully saturated rings. The van der Waals surface area contributed by atoms with E-state index in [1.165, 1.54) is 9.71 Å². The summed E-state index contributed by atoms with van der Waals surface area (Å²) in [6, 6.07) is 6.08. The fraction of sp³-hybridized carbons (Fsp3) is 0.364. The molecular weight excluding hydrogens is 208 g/mol. The van der Waals surface area contributed by atoms with Gasteiger partial charge >= 0.3 is 0 Å². The third-order valence-electron chi connectivity index (χ3n) is 2.25. The third-order valence-corrected chi connectivity index (χ3v) is 3.58. The van der Waals surface area contributed by atoms with Crippen LogP contribution in [0.3, 0.4) is 0 Å². The fourth-order valence-electron chi connectivity index (χ4n) is 1.44. The van der Waals surface area contributed by atoms with Crippen LogP contribution < -0.4 is 5.48 Å². The lowest BCUT2D eigenvalue weighted by molar-refractivity contribution is 0.161. The quantitative estimate of drug-likeness (QED) is 0.785. The molecule has 0 atom stereocenters. The molecule has 2 N–H and O–H groups in total. The highest BCUT2D eigenvalue weighted by atomic mass is 32.1. The highest BCUT2D eigenvalue weighted by Crippen LogP contribution is 2.27. The molecule has 0 bridgehead atoms. The van der Waals surface area contributed by atoms with Gasteiger partial charge in [0.05, 0.1) is 15.2 Å². The number of hydrogen-bond donors (Lipinski definition) is 2. The second kappa shape index (κ2) is 4.26. The highest BCUT2D eigenvalue weighted by molar-refractivity contribution is 7.18. The van der Waals surface area contributed by atoms with Crippen LogP contribution in [0.4, 0.5) is 0 Å². The lowest BCUT2D eigenvalue weighted by Crippen LogP contribution is -2.05. The monoisotopic (exact) mass is 222 g/mol. The molecule has 0 saturated carbocycles. The molecule has 0 radical (unpaired) electrons. The van der Waals surface area contributed by atoms with Crippen LogP contribution >= 0.6 is 11.3 Å². The van der Waals surface area contributed by atoms with E-state index in [0.29, 0.717) is 12.5 Å². The molecule has 4 heteroatoms. The Labute approximate surface area is 92.7 Å². The smallest absolute Gasteiger partial charge is 0.0963 e. The van der Waals surface area contributed by atoms with Gasteiger partial charge in [-0.2, -0.15) is 0 Å². The van der Waals surface area contributed by atoms with Gasteiger partial charge in [-0.25, -0.2) is 10.5 Å². The van der Waals surface area contributed by atoms with Gasteiger partial charge in [0.15, 0.2) is 0 Å². The van der Waals surface area contributed by atoms with Crippen molar-refractivity contribution in [1.29, 1.82) is 0 Å². The summed E-state index contributed by atoms with van der Waals surface area (Å²) in [5.41, 5.74) is 4.23. The Morgan fingerprint density at radius 2 is 2.27 bits per heavy atom. The molecule has 3 nitrogen and oxygen atoms in total. The molecule has 15 heavy (non-hydrogen) atoms. The topological polar surface area (TPSA) is 45.2 Å². The Morgan fingerprint density at radius 1 is 1.47 bits per heavy atom. The van der Waals surface area contributed by atoms with Crippen LogP contribution in [0.15, 0.2) is 18.2 Å². The first-order valence-corrected chi connectivity index (χ1v) is 5.78. The van der Waals surface area contributed by atoms with Gasteiger partial charge in [0.2, 0.25) is 0 Å². The number of hydroxylamine groups is 1. The predicted octanol–water partition coefficient (Wildman–Crippen LogP) is 2.90. The Morgan fingerprint density at radius 3 is 2.93 bits per heavy atom. The number of rotatable bonds is 3. The second-order valence-corrected chi connectivity index (χ2v) is 4.91. The minimum atomic E-state index is 0.463. The predicted molar refractivity (Wildman–Crippen MR) is 62.3 cm³/mol. The van der Waals surface area contributed by atoms with Crippen LogP contribution in [-0.2, 0) is 6.54 Å². The molecule has 0 unspecified atom stereocenters. The van der Waals surface area contributed by atoms with E-state index in [4.69, 9.17) is 5.21 Å². The van der Waals surface area contributed by atoms with E-state index in [0.717, 1.165) is 11.1 Å². The summed E-state index contributed by atoms with van der Waals surface area (Å²) in [5.74, 6) is 0.474. The van der Waals surface area contributed by atoms with Gasteiger partial charge in [-0.15, -0.1) is 11.3 Å². The largest absolute Gasteiger partial charge is 0.316 e. The van der Waals surface area contributed by atoms with Crippen LogP contribution in [0.25, 0.3) is 10.2 Å². The summed E-state index contributed by atoms with van der Waals surface area (Å²) in [6.07, 6.45) is 0. The molecule has 2 rings (SSSR count). The summed E-state index contributed by atoms with van der Waals surface area (Å²) in [7, 11) is 0. The fourth-order valence-corrected chi connectivity index (χ4v) is 2.39. The Kier molecular flexibility index (Phi) is 3.00. The van der Waals surface area contributed by atoms with Crippen molar-refractivity contribution >= 4 is 21.6 Å². The normalized spacial score (nSPS) is 11.5. The van der Waals surface area contributed by atoms with Gasteiger partial charge in [0.25, 0.3) is 0 Å². The average molecular weight is 222 g/mol. The van der Waals surface area contributed by atoms with Gasteiger partial charge < -0.3 is 5.21 Å². The summed E-state index contributed by atoms with van der Waals surface area (Å²) >= 11 is 1.74. The van der Waals surface area contributed by atoms with Crippen molar-refractivity contribution in [2.45, 2.75) is 26.3 Å². The van der Waals surface area contributed by atoms with Crippen LogP contribution in [0.5, 0.6) is 0 Å². The molecule has 0 aliphatic rings. The number of thiazole rings is 1. The van der Waals surface area contributed by atoms with Crippen molar-refractivity contribution in [3.05, 3.63) is 28.8 Å². The van der Waals surface area contributed by atoms with Crippen molar-refractivity contribution in [1.82, 2.24) is 10.5 Å². The Hall–Kier alpha value is -0.970. The van der Waals surface area contributed by atoms with Gasteiger partial charge in [0.1, 0.15) is 0 Å². The maximum Gasteiger partial charge on any atom is 0.0963 e. The minimum Gasteiger partial charge on any atom is -0.316 e. The molecule has 1 aromatic carbocycles. The van der Waals surface area contributed by atoms with Crippen molar-refractivity contribution in [3.8, 4) is 0 Å². The average Bonchev–Trinajstić information content (AvgIpc) is 2.61. The first kappa shape index (κ1) is 10.5. The van der Waals surface area contributed by atoms with Gasteiger partial charge in [0, 0.05) is 12.5 Å². The van der Waals surface area contributed by atoms with E-state index in [2.05, 4.69) is 30.4 Å². The number of fused-ring (bicyclic) bond motifs is 1. The summed E-state index contributed by atoms with van der Waals surface area (Å²) in [5, 5.41) is 9.78. The van der Waals surface area contributed by atoms with E-state index in [9.17, 15) is 0 Å². The molecule has 80 valence electrons. The molecule has 1 aromatic heterocycles. The van der Waals surface area contributed by atoms with Gasteiger partial charge in [-0.3, -0.25) is 0 Å². The van der Waals surface area contributed by atoms with E-state index in [-0.39, 0.29) is 0 Å². The van der Waals surface area contributed by atoms with E-state index in [1.807, 2.05) is 12.1 Å². The maximum absolute atomic E-state index is 8.62. The molecule has 0 aliphatic heterocycles. The molecule has 0 amide bonds. The third kappa shape index (κ3) is 2.17. The summed E-state index contributed by atoms with van der Waals surface area (Å²) in [6.45, 7) is 4.76. The van der Waals surface area contributed by atoms with Crippen LogP contribution in [0.1, 0.15) is 30.3 Å². The molecule has 0 aliphatic carbocycles. The zero-order chi connectivity index (χ0) is 10.8. The summed E-state index contributed by atoms with van der Waals surface area (Å²) < 4.78 is 1.21. The molecule has 2 aromatic rings. The second-order valence-electron chi connectivity index (χ2n) is 3.84. The Balaban J connectivity index is 2.43. The van der Waals surface area contributed by atoms with E-state index < -0.39 is 0 Å². The van der Waals surface area contributed by atoms with Crippen LogP contribution in [0.2, 0.25) is 0 Å². The number of aromatic nitrogens is 1. The SMILES string of the molecule is CC(C)c1nc2cc(CNO)ccc2s1. The molecular formula is C11H14N2OS. The zero-order valence-corrected chi connectivity index (χ0v) is 9.64. The van der Waals surface area contributed by atoms with Gasteiger partial charge in [-0.1, -0.05) is 19.9 Å². The van der Waals surface area contributed by atoms with Crippen LogP contribution in [-0.4, -0.2) is 10.2 Å². The van der Waals surface area contributed by atoms with Crippen molar-refractivity contribution < 1.29 is 5.21 Å². The summed E-state index contributed by atoms with van der Waals surface area (Å²) in [4.78, 5) is 4.56. The standard InChI is InChI=1S/C11H14N2OS/c1-7(2)11-13-9-5-8(6-12-14)3-4-10(9)15-11/h3-5,7,12,14H,6H2,1-2H3. The molecule has 1 heterocycles. The maximum atomic E-state index is 8.62. The lowest BCUT2D eigenvalue weighted by Gasteiger charge is -1.97. The van der Waals surface area contributed by atoms with E-state index >= 15 is 0 Å². The van der Waals surface area contributed by atoms with Crippen molar-refractivity contribution in [2.24, 2.45) is 0 Å². The van der Waals surface area contributed by atoms with Crippen molar-refractivity contribution in [2.75, 3.05) is 0 Å². The molecule has 0 spiro atoms. The number of nitrogens with one attached hydrogen (secondary N) is 1. The lowest BCUT2D eigenvalue weighted by atomic mass is 10.2. The number of hydrogen-bond acceptors (Lipinski definition) is 4. The Bertz CT molecular complexity index is 465. The number of nitrogens with zero attached hydrogens (tertiary/aromatic N) is 1.